The molecule has 0 aromatic heterocycles. The highest BCUT2D eigenvalue weighted by Crippen LogP contribution is 2.20. The summed E-state index contributed by atoms with van der Waals surface area (Å²) in [5.74, 6) is -1.09. The molecular formula is C14H11ClFN3O2. The number of nitrogens with one attached hydrogen (secondary N) is 1. The van der Waals surface area contributed by atoms with Gasteiger partial charge in [-0.25, -0.2) is 4.39 Å². The maximum Gasteiger partial charge on any atom is 0.255 e. The molecule has 2 aromatic carbocycles. The molecule has 0 unspecified atom stereocenters. The highest BCUT2D eigenvalue weighted by atomic mass is 35.5. The molecule has 2 aromatic rings. The number of hydrogen-bond donors (Lipinski definition) is 3. The van der Waals surface area contributed by atoms with E-state index in [0.29, 0.717) is 16.8 Å². The molecule has 108 valence electrons. The number of carbonyl (C=O) groups is 1. The highest BCUT2D eigenvalue weighted by molar-refractivity contribution is 6.31. The summed E-state index contributed by atoms with van der Waals surface area (Å²) in [4.78, 5) is 12.1. The fourth-order valence-electron chi connectivity index (χ4n) is 1.65. The molecule has 21 heavy (non-hydrogen) atoms. The van der Waals surface area contributed by atoms with E-state index in [9.17, 15) is 9.18 Å². The summed E-state index contributed by atoms with van der Waals surface area (Å²) >= 11 is 5.64. The van der Waals surface area contributed by atoms with Crippen LogP contribution in [0.4, 0.5) is 10.1 Å². The standard InChI is InChI=1S/C14H11ClFN3O2/c15-11-7-10(4-5-12(11)16)18-14(20)9-3-1-2-8(6-9)13(17)19-21/h1-7,21H,(H2,17,19)(H,18,20). The van der Waals surface area contributed by atoms with Crippen molar-refractivity contribution >= 4 is 29.0 Å². The van der Waals surface area contributed by atoms with E-state index in [1.165, 1.54) is 18.2 Å². The number of benzene rings is 2. The van der Waals surface area contributed by atoms with Crippen LogP contribution in [0.2, 0.25) is 5.02 Å². The number of amides is 1. The number of halogens is 2. The maximum atomic E-state index is 13.0. The summed E-state index contributed by atoms with van der Waals surface area (Å²) in [5.41, 5.74) is 6.53. The molecular weight excluding hydrogens is 297 g/mol. The second kappa shape index (κ2) is 6.23. The maximum absolute atomic E-state index is 13.0. The van der Waals surface area contributed by atoms with E-state index in [4.69, 9.17) is 22.5 Å². The Bertz CT molecular complexity index is 719. The lowest BCUT2D eigenvalue weighted by Gasteiger charge is -2.07. The first-order valence-electron chi connectivity index (χ1n) is 5.85. The lowest BCUT2D eigenvalue weighted by atomic mass is 10.1. The van der Waals surface area contributed by atoms with Gasteiger partial charge < -0.3 is 16.3 Å². The van der Waals surface area contributed by atoms with Crippen LogP contribution in [-0.4, -0.2) is 17.0 Å². The monoisotopic (exact) mass is 307 g/mol. The van der Waals surface area contributed by atoms with Gasteiger partial charge in [-0.3, -0.25) is 4.79 Å². The van der Waals surface area contributed by atoms with Gasteiger partial charge in [0.1, 0.15) is 5.82 Å². The van der Waals surface area contributed by atoms with Crippen LogP contribution in [0.1, 0.15) is 15.9 Å². The van der Waals surface area contributed by atoms with E-state index in [1.54, 1.807) is 18.2 Å². The molecule has 7 heteroatoms. The predicted octanol–water partition coefficient (Wildman–Crippen LogP) is 2.83. The van der Waals surface area contributed by atoms with E-state index >= 15 is 0 Å². The topological polar surface area (TPSA) is 87.7 Å². The fraction of sp³-hybridized carbons (Fsp3) is 0. The quantitative estimate of drug-likeness (QED) is 0.352. The van der Waals surface area contributed by atoms with Crippen LogP contribution in [0.25, 0.3) is 0 Å². The Labute approximate surface area is 124 Å². The molecule has 0 aliphatic rings. The third-order valence-electron chi connectivity index (χ3n) is 2.71. The normalized spacial score (nSPS) is 11.2. The molecule has 0 spiro atoms. The zero-order chi connectivity index (χ0) is 15.4. The first-order valence-corrected chi connectivity index (χ1v) is 6.23. The Morgan fingerprint density at radius 3 is 2.62 bits per heavy atom. The lowest BCUT2D eigenvalue weighted by molar-refractivity contribution is 0.102. The van der Waals surface area contributed by atoms with Gasteiger partial charge in [0, 0.05) is 16.8 Å². The first-order chi connectivity index (χ1) is 10.0. The Balaban J connectivity index is 2.22. The Kier molecular flexibility index (Phi) is 4.39. The highest BCUT2D eigenvalue weighted by Gasteiger charge is 2.09. The van der Waals surface area contributed by atoms with Crippen molar-refractivity contribution in [3.63, 3.8) is 0 Å². The van der Waals surface area contributed by atoms with Gasteiger partial charge in [0.2, 0.25) is 0 Å². The van der Waals surface area contributed by atoms with E-state index in [0.717, 1.165) is 6.07 Å². The average molecular weight is 308 g/mol. The minimum absolute atomic E-state index is 0.0850. The first kappa shape index (κ1) is 14.8. The van der Waals surface area contributed by atoms with Crippen LogP contribution >= 0.6 is 11.6 Å². The van der Waals surface area contributed by atoms with Crippen molar-refractivity contribution in [2.45, 2.75) is 0 Å². The van der Waals surface area contributed by atoms with Gasteiger partial charge in [-0.05, 0) is 30.3 Å². The van der Waals surface area contributed by atoms with E-state index in [2.05, 4.69) is 10.5 Å². The lowest BCUT2D eigenvalue weighted by Crippen LogP contribution is -2.16. The van der Waals surface area contributed by atoms with Gasteiger partial charge >= 0.3 is 0 Å². The molecule has 2 rings (SSSR count). The SMILES string of the molecule is N/C(=N\O)c1cccc(C(=O)Nc2ccc(F)c(Cl)c2)c1. The summed E-state index contributed by atoms with van der Waals surface area (Å²) in [6.07, 6.45) is 0. The van der Waals surface area contributed by atoms with Crippen LogP contribution in [0.5, 0.6) is 0 Å². The second-order valence-corrected chi connectivity index (χ2v) is 4.56. The average Bonchev–Trinajstić information content (AvgIpc) is 2.50. The Hall–Kier alpha value is -2.60. The third kappa shape index (κ3) is 3.49. The Morgan fingerprint density at radius 1 is 1.24 bits per heavy atom. The van der Waals surface area contributed by atoms with E-state index < -0.39 is 11.7 Å². The van der Waals surface area contributed by atoms with Crippen molar-refractivity contribution in [2.75, 3.05) is 5.32 Å². The second-order valence-electron chi connectivity index (χ2n) is 4.15. The van der Waals surface area contributed by atoms with Gasteiger partial charge in [0.05, 0.1) is 5.02 Å². The molecule has 0 radical (unpaired) electrons. The van der Waals surface area contributed by atoms with E-state index in [1.807, 2.05) is 0 Å². The minimum Gasteiger partial charge on any atom is -0.409 e. The summed E-state index contributed by atoms with van der Waals surface area (Å²) in [7, 11) is 0. The largest absolute Gasteiger partial charge is 0.409 e. The fourth-order valence-corrected chi connectivity index (χ4v) is 1.84. The van der Waals surface area contributed by atoms with Crippen molar-refractivity contribution in [1.82, 2.24) is 0 Å². The van der Waals surface area contributed by atoms with Gasteiger partial charge in [-0.15, -0.1) is 0 Å². The number of hydrogen-bond acceptors (Lipinski definition) is 3. The third-order valence-corrected chi connectivity index (χ3v) is 3.00. The molecule has 1 amide bonds. The van der Waals surface area contributed by atoms with Gasteiger partial charge in [0.25, 0.3) is 5.91 Å². The molecule has 0 saturated carbocycles. The van der Waals surface area contributed by atoms with Crippen LogP contribution in [0.15, 0.2) is 47.6 Å². The van der Waals surface area contributed by atoms with Crippen LogP contribution in [0, 0.1) is 5.82 Å². The Morgan fingerprint density at radius 2 is 1.95 bits per heavy atom. The zero-order valence-corrected chi connectivity index (χ0v) is 11.4. The summed E-state index contributed by atoms with van der Waals surface area (Å²) < 4.78 is 13.0. The van der Waals surface area contributed by atoms with Crippen LogP contribution in [-0.2, 0) is 0 Å². The number of amidine groups is 1. The molecule has 0 aliphatic heterocycles. The smallest absolute Gasteiger partial charge is 0.255 e. The summed E-state index contributed by atoms with van der Waals surface area (Å²) in [6.45, 7) is 0. The number of anilines is 1. The molecule has 0 bridgehead atoms. The molecule has 5 nitrogen and oxygen atoms in total. The number of nitrogens with two attached hydrogens (primary N) is 1. The number of nitrogens with zero attached hydrogens (tertiary/aromatic N) is 1. The van der Waals surface area contributed by atoms with Crippen molar-refractivity contribution in [3.8, 4) is 0 Å². The molecule has 0 atom stereocenters. The number of rotatable bonds is 3. The van der Waals surface area contributed by atoms with Gasteiger partial charge in [0.15, 0.2) is 5.84 Å². The van der Waals surface area contributed by atoms with Crippen LogP contribution < -0.4 is 11.1 Å². The zero-order valence-electron chi connectivity index (χ0n) is 10.7. The molecule has 0 fully saturated rings. The van der Waals surface area contributed by atoms with Crippen LogP contribution in [0.3, 0.4) is 0 Å². The van der Waals surface area contributed by atoms with Crippen molar-refractivity contribution in [3.05, 3.63) is 64.4 Å². The molecule has 4 N–H and O–H groups in total. The predicted molar refractivity (Wildman–Crippen MR) is 78.3 cm³/mol. The van der Waals surface area contributed by atoms with Gasteiger partial charge in [-0.1, -0.05) is 28.9 Å². The van der Waals surface area contributed by atoms with Crippen molar-refractivity contribution < 1.29 is 14.4 Å². The summed E-state index contributed by atoms with van der Waals surface area (Å²) in [6, 6.07) is 10.1. The number of carbonyl (C=O) groups excluding carboxylic acids is 1. The molecule has 0 saturated heterocycles. The van der Waals surface area contributed by atoms with Crippen molar-refractivity contribution in [1.29, 1.82) is 0 Å². The minimum atomic E-state index is -0.566. The van der Waals surface area contributed by atoms with Gasteiger partial charge in [-0.2, -0.15) is 0 Å². The van der Waals surface area contributed by atoms with E-state index in [-0.39, 0.29) is 10.9 Å². The molecule has 0 aliphatic carbocycles. The van der Waals surface area contributed by atoms with Crippen molar-refractivity contribution in [2.24, 2.45) is 10.9 Å². The molecule has 0 heterocycles. The summed E-state index contributed by atoms with van der Waals surface area (Å²) in [5, 5.41) is 14.0. The number of oxime groups is 1.